The van der Waals surface area contributed by atoms with Crippen LogP contribution in [0.1, 0.15) is 49.9 Å². The number of nitrogens with zero attached hydrogens (tertiary/aromatic N) is 5. The molecule has 129 heavy (non-hydrogen) atoms. The Hall–Kier alpha value is -15.4. The molecule has 0 fully saturated rings. The second kappa shape index (κ2) is 30.2. The van der Waals surface area contributed by atoms with Crippen molar-refractivity contribution in [2.45, 2.75) is 38.5 Å². The first-order chi connectivity index (χ1) is 63.5. The largest absolute Gasteiger partial charge is 0.455 e. The van der Waals surface area contributed by atoms with Crippen molar-refractivity contribution in [3.05, 3.63) is 411 Å². The van der Waals surface area contributed by atoms with Crippen LogP contribution in [0.2, 0.25) is 0 Å². The molecule has 0 N–H and O–H groups in total. The van der Waals surface area contributed by atoms with Crippen molar-refractivity contribution in [1.82, 2.24) is 24.9 Å². The third-order valence-electron chi connectivity index (χ3n) is 26.4. The molecule has 0 amide bonds. The highest BCUT2D eigenvalue weighted by Crippen LogP contribution is 2.59. The third kappa shape index (κ3) is 12.3. The van der Waals surface area contributed by atoms with Gasteiger partial charge in [0.25, 0.3) is 0 Å². The molecule has 17 aromatic carbocycles. The van der Waals surface area contributed by atoms with Crippen molar-refractivity contribution in [3.63, 3.8) is 0 Å². The van der Waals surface area contributed by atoms with E-state index in [2.05, 4.69) is 392 Å². The lowest BCUT2D eigenvalue weighted by molar-refractivity contribution is 0.667. The van der Waals surface area contributed by atoms with Gasteiger partial charge in [0.1, 0.15) is 28.7 Å². The molecular weight excluding hydrogens is 1630 g/mol. The lowest BCUT2D eigenvalue weighted by Crippen LogP contribution is -2.15. The van der Waals surface area contributed by atoms with E-state index in [-0.39, 0.29) is 10.8 Å². The summed E-state index contributed by atoms with van der Waals surface area (Å²) >= 11 is 5.45. The zero-order valence-corrected chi connectivity index (χ0v) is 73.3. The van der Waals surface area contributed by atoms with Crippen LogP contribution in [0.25, 0.3) is 244 Å². The number of pyridine rings is 1. The van der Waals surface area contributed by atoms with Crippen LogP contribution < -0.4 is 0 Å². The smallest absolute Gasteiger partial charge is 0.161 e. The summed E-state index contributed by atoms with van der Waals surface area (Å²) in [6.07, 6.45) is 6.26. The summed E-state index contributed by atoms with van der Waals surface area (Å²) in [7, 11) is 0. The fraction of sp³-hybridized carbons (Fsp3) is 0.0504. The molecule has 8 aromatic heterocycles. The van der Waals surface area contributed by atoms with Crippen LogP contribution in [-0.4, -0.2) is 24.9 Å². The van der Waals surface area contributed by atoms with E-state index >= 15 is 0 Å². The molecule has 0 aliphatic heterocycles. The topological polar surface area (TPSA) is 90.7 Å². The summed E-state index contributed by atoms with van der Waals surface area (Å²) in [5.41, 5.74) is 31.9. The van der Waals surface area contributed by atoms with Gasteiger partial charge >= 0.3 is 0 Å². The van der Waals surface area contributed by atoms with Crippen LogP contribution >= 0.6 is 34.0 Å². The molecule has 0 unspecified atom stereocenters. The van der Waals surface area contributed by atoms with Crippen molar-refractivity contribution >= 4 is 166 Å². The number of rotatable bonds is 9. The Morgan fingerprint density at radius 3 is 1.47 bits per heavy atom. The number of para-hydroxylation sites is 2. The average Bonchev–Trinajstić information content (AvgIpc) is 1.57. The molecule has 25 aromatic rings. The summed E-state index contributed by atoms with van der Waals surface area (Å²) in [5, 5.41) is 14.5. The van der Waals surface area contributed by atoms with Crippen molar-refractivity contribution in [3.8, 4) is 112 Å². The maximum atomic E-state index is 7.02. The van der Waals surface area contributed by atoms with Gasteiger partial charge in [-0.2, -0.15) is 0 Å². The fourth-order valence-corrected chi connectivity index (χ4v) is 24.3. The Morgan fingerprint density at radius 1 is 0.271 bits per heavy atom. The molecule has 0 atom stereocenters. The highest BCUT2D eigenvalue weighted by atomic mass is 32.1. The zero-order valence-electron chi connectivity index (χ0n) is 70.8. The third-order valence-corrected chi connectivity index (χ3v) is 30.0. The summed E-state index contributed by atoms with van der Waals surface area (Å²) in [6, 6.07) is 133. The van der Waals surface area contributed by atoms with Crippen molar-refractivity contribution < 1.29 is 8.83 Å². The zero-order chi connectivity index (χ0) is 85.7. The summed E-state index contributed by atoms with van der Waals surface area (Å²) in [5.74, 6) is 0.783. The lowest BCUT2D eigenvalue weighted by atomic mass is 9.81. The van der Waals surface area contributed by atoms with Crippen LogP contribution in [0.4, 0.5) is 0 Å². The Morgan fingerprint density at radius 2 is 0.767 bits per heavy atom. The van der Waals surface area contributed by atoms with E-state index in [1.807, 2.05) is 35.6 Å². The van der Waals surface area contributed by atoms with Gasteiger partial charge in [0.05, 0.1) is 48.6 Å². The molecule has 0 bridgehead atoms. The van der Waals surface area contributed by atoms with Crippen molar-refractivity contribution in [2.24, 2.45) is 0 Å². The van der Waals surface area contributed by atoms with Gasteiger partial charge in [0, 0.05) is 117 Å². The Balaban J connectivity index is 0.000000106. The number of benzene rings is 17. The molecule has 7 nitrogen and oxygen atoms in total. The number of furan rings is 2. The minimum absolute atomic E-state index is 0.0606. The van der Waals surface area contributed by atoms with Gasteiger partial charge in [-0.15, -0.1) is 34.0 Å². The second-order valence-electron chi connectivity index (χ2n) is 34.7. The van der Waals surface area contributed by atoms with E-state index in [0.29, 0.717) is 0 Å². The number of hydrogen-bond donors (Lipinski definition) is 0. The maximum absolute atomic E-state index is 7.02. The van der Waals surface area contributed by atoms with E-state index in [1.165, 1.54) is 107 Å². The predicted octanol–water partition coefficient (Wildman–Crippen LogP) is 33.9. The summed E-state index contributed by atoms with van der Waals surface area (Å²) in [6.45, 7) is 9.36. The Bertz CT molecular complexity index is 8900. The van der Waals surface area contributed by atoms with Gasteiger partial charge in [0.15, 0.2) is 5.82 Å². The predicted molar refractivity (Wildman–Crippen MR) is 545 cm³/mol. The van der Waals surface area contributed by atoms with Crippen molar-refractivity contribution in [1.29, 1.82) is 0 Å². The first-order valence-electron chi connectivity index (χ1n) is 43.8. The van der Waals surface area contributed by atoms with Gasteiger partial charge < -0.3 is 8.83 Å². The highest BCUT2D eigenvalue weighted by Gasteiger charge is 2.40. The standard InChI is InChI=1S/C46H33NO.C41H26N2S2.C32H18N2OS/c1-46(2)26-25-38-40(46)29-39-37-20-12-19-36(44(37)48-45(39)43(38)34-17-10-5-11-18-34)35-27-41(32-15-8-4-9-16-32)47-42(28-35)33-23-21-31(22-24-33)30-13-6-3-7-14-30;1-41(2)30-21-10-8-17-26(30)32-24-15-6-7-16-25(24)33-28-19-12-20-29(37(28)45-38(33)34(32)41)40-42-35(23-13-4-3-5-14-23)39-36(43-40)27-18-9-11-22-31(27)44-39;1-3-10-19(11-4-1)21-16-9-17-24-25-22-14-7-8-15-23(22)31-26(30(25)35-29(21)24)28-32(36-31)27(33-18-34-28)20-12-5-2-6-13-20/h3-29H,1-2H3;3-22H,1-2H3;1-18H. The molecule has 0 radical (unpaired) electrons. The van der Waals surface area contributed by atoms with Crippen LogP contribution in [-0.2, 0) is 10.8 Å². The van der Waals surface area contributed by atoms with Gasteiger partial charge in [-0.05, 0) is 108 Å². The molecule has 2 aliphatic rings. The average molecular weight is 1710 g/mol. The van der Waals surface area contributed by atoms with Crippen LogP contribution in [0, 0.1) is 0 Å². The normalized spacial score (nSPS) is 13.1. The summed E-state index contributed by atoms with van der Waals surface area (Å²) in [4.78, 5) is 25.4. The van der Waals surface area contributed by atoms with E-state index in [9.17, 15) is 0 Å². The lowest BCUT2D eigenvalue weighted by Gasteiger charge is -2.22. The van der Waals surface area contributed by atoms with Gasteiger partial charge in [0.2, 0.25) is 0 Å². The number of aromatic nitrogens is 5. The molecule has 0 spiro atoms. The van der Waals surface area contributed by atoms with E-state index in [4.69, 9.17) is 33.8 Å². The second-order valence-corrected chi connectivity index (χ2v) is 37.8. The minimum Gasteiger partial charge on any atom is -0.455 e. The van der Waals surface area contributed by atoms with E-state index in [0.717, 1.165) is 154 Å². The van der Waals surface area contributed by atoms with Crippen molar-refractivity contribution in [2.75, 3.05) is 0 Å². The molecule has 10 heteroatoms. The van der Waals surface area contributed by atoms with Crippen LogP contribution in [0.5, 0.6) is 0 Å². The van der Waals surface area contributed by atoms with E-state index in [1.54, 1.807) is 29.0 Å². The fourth-order valence-electron chi connectivity index (χ4n) is 20.3. The van der Waals surface area contributed by atoms with Crippen LogP contribution in [0.3, 0.4) is 0 Å². The number of allylic oxidation sites excluding steroid dienone is 1. The Labute approximate surface area is 755 Å². The van der Waals surface area contributed by atoms with Crippen LogP contribution in [0.15, 0.2) is 397 Å². The Kier molecular flexibility index (Phi) is 17.8. The minimum atomic E-state index is -0.110. The van der Waals surface area contributed by atoms with Gasteiger partial charge in [-0.25, -0.2) is 24.9 Å². The quantitative estimate of drug-likeness (QED) is 0.142. The first-order valence-corrected chi connectivity index (χ1v) is 46.3. The molecule has 8 heterocycles. The molecular formula is C119H77N5O2S3. The SMILES string of the molecule is CC1(C)C=Cc2c1cc1c(oc3c(-c4cc(-c5ccccc5)nc(-c5ccc(-c6ccccc6)cc5)c4)cccc31)c2-c1ccccc1.CC1(C)c2ccccc2-c2c1c1sc3c(-c4nc(-c5ccccc5)c5sc6ccccc6c5n4)cccc3c1c1ccccc21.c1ccc(-c2cccc3c2oc2c3c3ccccc3c3sc4c(-c5ccccc5)ncnc4c23)cc1. The molecule has 0 saturated heterocycles. The number of hydrogen-bond acceptors (Lipinski definition) is 10. The first kappa shape index (κ1) is 76.0. The number of fused-ring (bicyclic) bond motifs is 27. The maximum Gasteiger partial charge on any atom is 0.161 e. The molecule has 608 valence electrons. The molecule has 27 rings (SSSR count). The monoisotopic (exact) mass is 1700 g/mol. The summed E-state index contributed by atoms with van der Waals surface area (Å²) < 4.78 is 21.1. The number of thiophene rings is 3. The molecule has 2 aliphatic carbocycles. The van der Waals surface area contributed by atoms with Gasteiger partial charge in [-0.1, -0.05) is 386 Å². The highest BCUT2D eigenvalue weighted by molar-refractivity contribution is 7.28. The van der Waals surface area contributed by atoms with Gasteiger partial charge in [-0.3, -0.25) is 0 Å². The molecule has 0 saturated carbocycles. The van der Waals surface area contributed by atoms with E-state index < -0.39 is 0 Å².